The molecule has 0 aromatic carbocycles. The average molecular weight is 409 g/mol. The molecular weight excluding hydrogens is 394 g/mol. The minimum absolute atomic E-state index is 0.306. The monoisotopic (exact) mass is 407 g/mol. The molecule has 0 amide bonds. The van der Waals surface area contributed by atoms with E-state index in [0.29, 0.717) is 6.04 Å². The minimum Gasteiger partial charge on any atom is -0.305 e. The van der Waals surface area contributed by atoms with Crippen LogP contribution in [0.4, 0.5) is 0 Å². The molecule has 0 fully saturated rings. The SMILES string of the molecule is CCNC(c1cc(C)c(Br)s1)c1cc(C)c(Br)s1. The number of hydrogen-bond donors (Lipinski definition) is 1. The molecule has 0 atom stereocenters. The summed E-state index contributed by atoms with van der Waals surface area (Å²) < 4.78 is 2.46. The quantitative estimate of drug-likeness (QED) is 0.688. The van der Waals surface area contributed by atoms with Gasteiger partial charge in [-0.1, -0.05) is 6.92 Å². The van der Waals surface area contributed by atoms with E-state index < -0.39 is 0 Å². The Morgan fingerprint density at radius 1 is 1.06 bits per heavy atom. The van der Waals surface area contributed by atoms with Crippen molar-refractivity contribution in [1.82, 2.24) is 5.32 Å². The Labute approximate surface area is 133 Å². The van der Waals surface area contributed by atoms with Crippen molar-refractivity contribution in [1.29, 1.82) is 0 Å². The highest BCUT2D eigenvalue weighted by Gasteiger charge is 2.19. The summed E-state index contributed by atoms with van der Waals surface area (Å²) in [6, 6.07) is 4.84. The molecule has 0 spiro atoms. The van der Waals surface area contributed by atoms with Gasteiger partial charge in [0, 0.05) is 9.75 Å². The van der Waals surface area contributed by atoms with Crippen molar-refractivity contribution in [3.63, 3.8) is 0 Å². The Morgan fingerprint density at radius 3 is 1.78 bits per heavy atom. The fraction of sp³-hybridized carbons (Fsp3) is 0.385. The number of aryl methyl sites for hydroxylation is 2. The lowest BCUT2D eigenvalue weighted by molar-refractivity contribution is 0.648. The van der Waals surface area contributed by atoms with Gasteiger partial charge in [0.05, 0.1) is 13.6 Å². The van der Waals surface area contributed by atoms with Gasteiger partial charge in [-0.15, -0.1) is 22.7 Å². The van der Waals surface area contributed by atoms with Gasteiger partial charge in [0.2, 0.25) is 0 Å². The van der Waals surface area contributed by atoms with Gasteiger partial charge >= 0.3 is 0 Å². The summed E-state index contributed by atoms with van der Waals surface area (Å²) in [4.78, 5) is 2.74. The van der Waals surface area contributed by atoms with E-state index in [4.69, 9.17) is 0 Å². The fourth-order valence-electron chi connectivity index (χ4n) is 1.80. The minimum atomic E-state index is 0.306. The topological polar surface area (TPSA) is 12.0 Å². The number of hydrogen-bond acceptors (Lipinski definition) is 3. The molecule has 2 rings (SSSR count). The summed E-state index contributed by atoms with van der Waals surface area (Å²) in [6.45, 7) is 7.40. The highest BCUT2D eigenvalue weighted by Crippen LogP contribution is 2.39. The van der Waals surface area contributed by atoms with E-state index in [9.17, 15) is 0 Å². The van der Waals surface area contributed by atoms with E-state index in [1.807, 2.05) is 22.7 Å². The second-order valence-electron chi connectivity index (χ2n) is 4.20. The molecule has 0 unspecified atom stereocenters. The van der Waals surface area contributed by atoms with Gasteiger partial charge in [0.15, 0.2) is 0 Å². The molecule has 98 valence electrons. The second kappa shape index (κ2) is 6.18. The zero-order valence-corrected chi connectivity index (χ0v) is 15.3. The third-order valence-corrected chi connectivity index (χ3v) is 7.13. The summed E-state index contributed by atoms with van der Waals surface area (Å²) in [5, 5.41) is 3.58. The molecule has 0 bridgehead atoms. The van der Waals surface area contributed by atoms with Crippen molar-refractivity contribution < 1.29 is 0 Å². The van der Waals surface area contributed by atoms with Gasteiger partial charge in [-0.3, -0.25) is 0 Å². The van der Waals surface area contributed by atoms with Crippen molar-refractivity contribution >= 4 is 54.5 Å². The van der Waals surface area contributed by atoms with Crippen LogP contribution in [0.15, 0.2) is 19.7 Å². The van der Waals surface area contributed by atoms with Crippen LogP contribution in [0.25, 0.3) is 0 Å². The van der Waals surface area contributed by atoms with Crippen molar-refractivity contribution in [2.24, 2.45) is 0 Å². The molecule has 0 saturated carbocycles. The molecular formula is C13H15Br2NS2. The molecule has 2 aromatic rings. The van der Waals surface area contributed by atoms with Gasteiger partial charge in [-0.2, -0.15) is 0 Å². The van der Waals surface area contributed by atoms with Gasteiger partial charge in [-0.05, 0) is 75.5 Å². The molecule has 0 radical (unpaired) electrons. The molecule has 0 aliphatic rings. The molecule has 0 aliphatic heterocycles. The molecule has 2 heterocycles. The number of halogens is 2. The first-order valence-electron chi connectivity index (χ1n) is 5.78. The third kappa shape index (κ3) is 3.07. The van der Waals surface area contributed by atoms with Crippen molar-refractivity contribution in [2.45, 2.75) is 26.8 Å². The maximum Gasteiger partial charge on any atom is 0.0765 e. The molecule has 0 aliphatic carbocycles. The van der Waals surface area contributed by atoms with Gasteiger partial charge in [0.1, 0.15) is 0 Å². The zero-order chi connectivity index (χ0) is 13.3. The standard InChI is InChI=1S/C13H15Br2NS2/c1-4-16-11(9-5-7(2)12(14)17-9)10-6-8(3)13(15)18-10/h5-6,11,16H,4H2,1-3H3. The van der Waals surface area contributed by atoms with E-state index >= 15 is 0 Å². The Balaban J connectivity index is 2.39. The first-order chi connectivity index (χ1) is 8.52. The Hall–Kier alpha value is 0.320. The third-order valence-electron chi connectivity index (χ3n) is 2.73. The Kier molecular flexibility index (Phi) is 5.06. The largest absolute Gasteiger partial charge is 0.305 e. The van der Waals surface area contributed by atoms with E-state index in [0.717, 1.165) is 6.54 Å². The molecule has 0 saturated heterocycles. The van der Waals surface area contributed by atoms with Crippen LogP contribution in [0.3, 0.4) is 0 Å². The van der Waals surface area contributed by atoms with Crippen LogP contribution in [0, 0.1) is 13.8 Å². The number of thiophene rings is 2. The predicted molar refractivity (Wildman–Crippen MR) is 89.0 cm³/mol. The second-order valence-corrected chi connectivity index (χ2v) is 9.01. The highest BCUT2D eigenvalue weighted by atomic mass is 79.9. The highest BCUT2D eigenvalue weighted by molar-refractivity contribution is 9.11. The van der Waals surface area contributed by atoms with E-state index in [-0.39, 0.29) is 0 Å². The lowest BCUT2D eigenvalue weighted by atomic mass is 10.1. The normalized spacial score (nSPS) is 11.4. The average Bonchev–Trinajstić information content (AvgIpc) is 2.81. The predicted octanol–water partition coefficient (Wildman–Crippen LogP) is 5.65. The van der Waals surface area contributed by atoms with E-state index in [1.165, 1.54) is 28.5 Å². The number of rotatable bonds is 4. The molecule has 1 nitrogen and oxygen atoms in total. The Morgan fingerprint density at radius 2 is 1.50 bits per heavy atom. The lowest BCUT2D eigenvalue weighted by Gasteiger charge is -2.14. The van der Waals surface area contributed by atoms with Crippen molar-refractivity contribution in [2.75, 3.05) is 6.54 Å². The van der Waals surface area contributed by atoms with Crippen LogP contribution >= 0.6 is 54.5 Å². The van der Waals surface area contributed by atoms with Crippen LogP contribution in [0.5, 0.6) is 0 Å². The van der Waals surface area contributed by atoms with Crippen molar-refractivity contribution in [3.8, 4) is 0 Å². The summed E-state index contributed by atoms with van der Waals surface area (Å²) in [6.07, 6.45) is 0. The molecule has 18 heavy (non-hydrogen) atoms. The molecule has 2 aromatic heterocycles. The van der Waals surface area contributed by atoms with Crippen molar-refractivity contribution in [3.05, 3.63) is 40.6 Å². The van der Waals surface area contributed by atoms with Crippen LogP contribution in [-0.4, -0.2) is 6.54 Å². The lowest BCUT2D eigenvalue weighted by Crippen LogP contribution is -2.20. The van der Waals surface area contributed by atoms with E-state index in [1.54, 1.807) is 0 Å². The first kappa shape index (κ1) is 14.7. The summed E-state index contributed by atoms with van der Waals surface area (Å²) in [5.41, 5.74) is 2.62. The maximum absolute atomic E-state index is 3.61. The van der Waals surface area contributed by atoms with Crippen LogP contribution < -0.4 is 5.32 Å². The van der Waals surface area contributed by atoms with Gasteiger partial charge in [-0.25, -0.2) is 0 Å². The summed E-state index contributed by atoms with van der Waals surface area (Å²) >= 11 is 10.9. The van der Waals surface area contributed by atoms with Crippen LogP contribution in [0.1, 0.15) is 33.8 Å². The van der Waals surface area contributed by atoms with Gasteiger partial charge < -0.3 is 5.32 Å². The molecule has 1 N–H and O–H groups in total. The maximum atomic E-state index is 3.61. The summed E-state index contributed by atoms with van der Waals surface area (Å²) in [7, 11) is 0. The molecule has 5 heteroatoms. The van der Waals surface area contributed by atoms with Gasteiger partial charge in [0.25, 0.3) is 0 Å². The van der Waals surface area contributed by atoms with Crippen LogP contribution in [0.2, 0.25) is 0 Å². The zero-order valence-electron chi connectivity index (χ0n) is 10.5. The Bertz CT molecular complexity index is 460. The first-order valence-corrected chi connectivity index (χ1v) is 8.99. The summed E-state index contributed by atoms with van der Waals surface area (Å²) in [5.74, 6) is 0. The smallest absolute Gasteiger partial charge is 0.0765 e. The number of nitrogens with one attached hydrogen (secondary N) is 1. The fourth-order valence-corrected chi connectivity index (χ4v) is 5.20. The van der Waals surface area contributed by atoms with E-state index in [2.05, 4.69) is 70.1 Å². The van der Waals surface area contributed by atoms with Crippen LogP contribution in [-0.2, 0) is 0 Å².